The SMILES string of the molecule is Cc1ccc(Oc2cc(Cl)nc(-n3nc(C)cc3C)n2)nn1. The Kier molecular flexibility index (Phi) is 3.72. The molecule has 112 valence electrons. The van der Waals surface area contributed by atoms with Crippen LogP contribution in [0.5, 0.6) is 11.8 Å². The van der Waals surface area contributed by atoms with E-state index in [2.05, 4.69) is 25.3 Å². The van der Waals surface area contributed by atoms with Gasteiger partial charge in [0.05, 0.1) is 11.4 Å². The third-order valence-corrected chi connectivity index (χ3v) is 3.03. The summed E-state index contributed by atoms with van der Waals surface area (Å²) in [6.07, 6.45) is 0. The number of aryl methyl sites for hydroxylation is 3. The first-order valence-corrected chi connectivity index (χ1v) is 6.95. The van der Waals surface area contributed by atoms with Crippen LogP contribution in [0.15, 0.2) is 24.3 Å². The van der Waals surface area contributed by atoms with Crippen LogP contribution in [0.3, 0.4) is 0 Å². The summed E-state index contributed by atoms with van der Waals surface area (Å²) in [6.45, 7) is 5.66. The van der Waals surface area contributed by atoms with E-state index in [1.165, 1.54) is 6.07 Å². The fourth-order valence-corrected chi connectivity index (χ4v) is 2.08. The fourth-order valence-electron chi connectivity index (χ4n) is 1.91. The molecular weight excluding hydrogens is 304 g/mol. The molecule has 22 heavy (non-hydrogen) atoms. The maximum Gasteiger partial charge on any atom is 0.255 e. The van der Waals surface area contributed by atoms with Gasteiger partial charge >= 0.3 is 0 Å². The summed E-state index contributed by atoms with van der Waals surface area (Å²) < 4.78 is 7.18. The number of hydrogen-bond acceptors (Lipinski definition) is 6. The zero-order chi connectivity index (χ0) is 15.7. The molecular formula is C14H13ClN6O. The molecule has 0 bridgehead atoms. The topological polar surface area (TPSA) is 78.6 Å². The number of aromatic nitrogens is 6. The number of halogens is 1. The van der Waals surface area contributed by atoms with Crippen LogP contribution in [0.4, 0.5) is 0 Å². The van der Waals surface area contributed by atoms with Gasteiger partial charge in [0.15, 0.2) is 0 Å². The molecule has 7 nitrogen and oxygen atoms in total. The van der Waals surface area contributed by atoms with Crippen molar-refractivity contribution < 1.29 is 4.74 Å². The van der Waals surface area contributed by atoms with Crippen LogP contribution in [0, 0.1) is 20.8 Å². The quantitative estimate of drug-likeness (QED) is 0.691. The highest BCUT2D eigenvalue weighted by Crippen LogP contribution is 2.21. The molecule has 0 amide bonds. The molecule has 3 heterocycles. The summed E-state index contributed by atoms with van der Waals surface area (Å²) in [6, 6.07) is 6.95. The van der Waals surface area contributed by atoms with Crippen molar-refractivity contribution >= 4 is 11.6 Å². The molecule has 3 aromatic rings. The lowest BCUT2D eigenvalue weighted by atomic mass is 10.4. The molecule has 0 saturated carbocycles. The molecule has 0 N–H and O–H groups in total. The lowest BCUT2D eigenvalue weighted by Crippen LogP contribution is -2.06. The first-order valence-electron chi connectivity index (χ1n) is 6.58. The van der Waals surface area contributed by atoms with E-state index >= 15 is 0 Å². The van der Waals surface area contributed by atoms with E-state index in [1.807, 2.05) is 26.8 Å². The van der Waals surface area contributed by atoms with Crippen LogP contribution in [-0.4, -0.2) is 29.9 Å². The Labute approximate surface area is 132 Å². The van der Waals surface area contributed by atoms with Crippen LogP contribution in [0.2, 0.25) is 5.15 Å². The Bertz CT molecular complexity index is 815. The van der Waals surface area contributed by atoms with Gasteiger partial charge in [0.2, 0.25) is 11.8 Å². The second-order valence-electron chi connectivity index (χ2n) is 4.78. The van der Waals surface area contributed by atoms with Crippen LogP contribution in [0.25, 0.3) is 5.95 Å². The van der Waals surface area contributed by atoms with E-state index < -0.39 is 0 Å². The average molecular weight is 317 g/mol. The van der Waals surface area contributed by atoms with Gasteiger partial charge in [-0.1, -0.05) is 11.6 Å². The highest BCUT2D eigenvalue weighted by molar-refractivity contribution is 6.29. The summed E-state index contributed by atoms with van der Waals surface area (Å²) in [4.78, 5) is 8.48. The van der Waals surface area contributed by atoms with Crippen LogP contribution in [-0.2, 0) is 0 Å². The molecule has 3 rings (SSSR count). The Morgan fingerprint density at radius 3 is 2.41 bits per heavy atom. The van der Waals surface area contributed by atoms with Crippen molar-refractivity contribution in [3.8, 4) is 17.7 Å². The lowest BCUT2D eigenvalue weighted by Gasteiger charge is -2.07. The summed E-state index contributed by atoms with van der Waals surface area (Å²) in [5.74, 6) is 0.952. The molecule has 3 aromatic heterocycles. The Balaban J connectivity index is 1.96. The average Bonchev–Trinajstić information content (AvgIpc) is 2.80. The predicted molar refractivity (Wildman–Crippen MR) is 80.5 cm³/mol. The summed E-state index contributed by atoms with van der Waals surface area (Å²) in [5, 5.41) is 12.4. The third-order valence-electron chi connectivity index (χ3n) is 2.84. The second kappa shape index (κ2) is 5.69. The zero-order valence-electron chi connectivity index (χ0n) is 12.3. The summed E-state index contributed by atoms with van der Waals surface area (Å²) in [7, 11) is 0. The molecule has 0 aromatic carbocycles. The Hall–Kier alpha value is -2.54. The van der Waals surface area contributed by atoms with Gasteiger partial charge < -0.3 is 4.74 Å². The largest absolute Gasteiger partial charge is 0.419 e. The van der Waals surface area contributed by atoms with Crippen LogP contribution < -0.4 is 4.74 Å². The van der Waals surface area contributed by atoms with Gasteiger partial charge in [-0.2, -0.15) is 20.2 Å². The third kappa shape index (κ3) is 3.04. The number of ether oxygens (including phenoxy) is 1. The van der Waals surface area contributed by atoms with Gasteiger partial charge in [0, 0.05) is 17.8 Å². The second-order valence-corrected chi connectivity index (χ2v) is 5.17. The standard InChI is InChI=1S/C14H13ClN6O/c1-8-4-5-12(19-18-8)22-13-7-11(15)16-14(17-13)21-10(3)6-9(2)20-21/h4-7H,1-3H3. The van der Waals surface area contributed by atoms with Gasteiger partial charge in [-0.15, -0.1) is 5.10 Å². The fraction of sp³-hybridized carbons (Fsp3) is 0.214. The lowest BCUT2D eigenvalue weighted by molar-refractivity contribution is 0.434. The molecule has 0 unspecified atom stereocenters. The van der Waals surface area contributed by atoms with Gasteiger partial charge in [0.1, 0.15) is 5.15 Å². The molecule has 8 heteroatoms. The normalized spacial score (nSPS) is 10.7. The molecule has 0 radical (unpaired) electrons. The minimum atomic E-state index is 0.257. The number of hydrogen-bond donors (Lipinski definition) is 0. The van der Waals surface area contributed by atoms with Crippen molar-refractivity contribution in [1.29, 1.82) is 0 Å². The molecule has 0 saturated heterocycles. The highest BCUT2D eigenvalue weighted by Gasteiger charge is 2.11. The maximum absolute atomic E-state index is 6.04. The predicted octanol–water partition coefficient (Wildman–Crippen LogP) is 2.82. The van der Waals surface area contributed by atoms with Crippen molar-refractivity contribution in [3.63, 3.8) is 0 Å². The van der Waals surface area contributed by atoms with Gasteiger partial charge in [-0.3, -0.25) is 0 Å². The van der Waals surface area contributed by atoms with E-state index in [9.17, 15) is 0 Å². The van der Waals surface area contributed by atoms with Crippen molar-refractivity contribution in [2.45, 2.75) is 20.8 Å². The van der Waals surface area contributed by atoms with E-state index in [-0.39, 0.29) is 11.0 Å². The molecule has 0 aliphatic rings. The van der Waals surface area contributed by atoms with Crippen molar-refractivity contribution in [1.82, 2.24) is 29.9 Å². The molecule has 0 spiro atoms. The van der Waals surface area contributed by atoms with E-state index in [0.717, 1.165) is 17.1 Å². The number of nitrogens with zero attached hydrogens (tertiary/aromatic N) is 6. The zero-order valence-corrected chi connectivity index (χ0v) is 13.0. The summed E-state index contributed by atoms with van der Waals surface area (Å²) in [5.41, 5.74) is 2.57. The van der Waals surface area contributed by atoms with Crippen molar-refractivity contribution in [2.24, 2.45) is 0 Å². The van der Waals surface area contributed by atoms with Crippen LogP contribution >= 0.6 is 11.6 Å². The minimum absolute atomic E-state index is 0.257. The Morgan fingerprint density at radius 1 is 0.955 bits per heavy atom. The highest BCUT2D eigenvalue weighted by atomic mass is 35.5. The van der Waals surface area contributed by atoms with Gasteiger partial charge in [-0.25, -0.2) is 4.68 Å². The van der Waals surface area contributed by atoms with Gasteiger partial charge in [0.25, 0.3) is 5.95 Å². The van der Waals surface area contributed by atoms with E-state index in [1.54, 1.807) is 16.8 Å². The first kappa shape index (κ1) is 14.4. The van der Waals surface area contributed by atoms with E-state index in [4.69, 9.17) is 16.3 Å². The first-order chi connectivity index (χ1) is 10.5. The summed E-state index contributed by atoms with van der Waals surface area (Å²) >= 11 is 6.04. The molecule has 0 aliphatic carbocycles. The molecule has 0 atom stereocenters. The van der Waals surface area contributed by atoms with Crippen molar-refractivity contribution in [2.75, 3.05) is 0 Å². The molecule has 0 fully saturated rings. The maximum atomic E-state index is 6.04. The van der Waals surface area contributed by atoms with Crippen molar-refractivity contribution in [3.05, 3.63) is 46.5 Å². The molecule has 0 aliphatic heterocycles. The Morgan fingerprint density at radius 2 is 1.77 bits per heavy atom. The smallest absolute Gasteiger partial charge is 0.255 e. The van der Waals surface area contributed by atoms with Crippen LogP contribution in [0.1, 0.15) is 17.1 Å². The van der Waals surface area contributed by atoms with Gasteiger partial charge in [-0.05, 0) is 32.9 Å². The van der Waals surface area contributed by atoms with E-state index in [0.29, 0.717) is 11.8 Å². The minimum Gasteiger partial charge on any atom is -0.419 e. The monoisotopic (exact) mass is 316 g/mol. The number of rotatable bonds is 3.